The Labute approximate surface area is 152 Å². The summed E-state index contributed by atoms with van der Waals surface area (Å²) in [5.41, 5.74) is 0.384. The number of alkyl halides is 3. The van der Waals surface area contributed by atoms with Crippen LogP contribution in [-0.4, -0.2) is 15.9 Å². The summed E-state index contributed by atoms with van der Waals surface area (Å²) < 4.78 is 43.6. The number of benzene rings is 1. The van der Waals surface area contributed by atoms with Crippen LogP contribution in [0.2, 0.25) is 0 Å². The van der Waals surface area contributed by atoms with Gasteiger partial charge in [0.2, 0.25) is 11.8 Å². The average Bonchev–Trinajstić information content (AvgIpc) is 2.67. The summed E-state index contributed by atoms with van der Waals surface area (Å²) in [6.45, 7) is 3.61. The quantitative estimate of drug-likeness (QED) is 0.680. The SMILES string of the molecule is C=CC(=O)NCc1cnc(Oc2ccc(C(F)(F)F)cc2)c2ncccc12. The van der Waals surface area contributed by atoms with Gasteiger partial charge in [-0.05, 0) is 42.0 Å². The van der Waals surface area contributed by atoms with Gasteiger partial charge in [-0.2, -0.15) is 13.2 Å². The van der Waals surface area contributed by atoms with Crippen LogP contribution in [0, 0.1) is 0 Å². The molecule has 8 heteroatoms. The molecule has 0 saturated carbocycles. The molecular weight excluding hydrogens is 359 g/mol. The minimum absolute atomic E-state index is 0.157. The fourth-order valence-electron chi connectivity index (χ4n) is 2.40. The van der Waals surface area contributed by atoms with E-state index in [1.807, 2.05) is 0 Å². The van der Waals surface area contributed by atoms with Crippen molar-refractivity contribution in [2.24, 2.45) is 0 Å². The van der Waals surface area contributed by atoms with Crippen LogP contribution in [-0.2, 0) is 17.5 Å². The smallest absolute Gasteiger partial charge is 0.416 e. The van der Waals surface area contributed by atoms with E-state index >= 15 is 0 Å². The third-order valence-corrected chi connectivity index (χ3v) is 3.73. The lowest BCUT2D eigenvalue weighted by Crippen LogP contribution is -2.20. The topological polar surface area (TPSA) is 64.1 Å². The number of hydrogen-bond donors (Lipinski definition) is 1. The van der Waals surface area contributed by atoms with Crippen LogP contribution in [0.3, 0.4) is 0 Å². The molecule has 138 valence electrons. The van der Waals surface area contributed by atoms with Crippen LogP contribution in [0.25, 0.3) is 10.9 Å². The fourth-order valence-corrected chi connectivity index (χ4v) is 2.40. The van der Waals surface area contributed by atoms with Gasteiger partial charge in [0, 0.05) is 24.3 Å². The Morgan fingerprint density at radius 3 is 2.59 bits per heavy atom. The average molecular weight is 373 g/mol. The lowest BCUT2D eigenvalue weighted by Gasteiger charge is -2.12. The van der Waals surface area contributed by atoms with E-state index in [2.05, 4.69) is 21.9 Å². The van der Waals surface area contributed by atoms with E-state index in [0.29, 0.717) is 16.5 Å². The summed E-state index contributed by atoms with van der Waals surface area (Å²) in [5.74, 6) is 0.0384. The zero-order chi connectivity index (χ0) is 19.4. The van der Waals surface area contributed by atoms with Gasteiger partial charge in [-0.1, -0.05) is 12.6 Å². The molecule has 0 aliphatic rings. The number of hydrogen-bond acceptors (Lipinski definition) is 4. The number of halogens is 3. The first-order valence-corrected chi connectivity index (χ1v) is 7.86. The monoisotopic (exact) mass is 373 g/mol. The molecule has 0 bridgehead atoms. The molecule has 2 aromatic heterocycles. The highest BCUT2D eigenvalue weighted by Crippen LogP contribution is 2.32. The number of carbonyl (C=O) groups is 1. The molecule has 27 heavy (non-hydrogen) atoms. The molecule has 0 fully saturated rings. The molecule has 1 N–H and O–H groups in total. The van der Waals surface area contributed by atoms with Crippen LogP contribution in [0.1, 0.15) is 11.1 Å². The number of ether oxygens (including phenoxy) is 1. The molecule has 0 saturated heterocycles. The van der Waals surface area contributed by atoms with Gasteiger partial charge in [0.25, 0.3) is 0 Å². The van der Waals surface area contributed by atoms with Crippen molar-refractivity contribution in [3.63, 3.8) is 0 Å². The maximum Gasteiger partial charge on any atom is 0.416 e. The second-order valence-corrected chi connectivity index (χ2v) is 5.53. The maximum atomic E-state index is 12.7. The van der Waals surface area contributed by atoms with E-state index in [-0.39, 0.29) is 24.1 Å². The molecule has 0 aliphatic carbocycles. The molecule has 0 unspecified atom stereocenters. The zero-order valence-corrected chi connectivity index (χ0v) is 14.0. The van der Waals surface area contributed by atoms with Crippen LogP contribution >= 0.6 is 0 Å². The van der Waals surface area contributed by atoms with E-state index in [1.54, 1.807) is 18.3 Å². The maximum absolute atomic E-state index is 12.7. The zero-order valence-electron chi connectivity index (χ0n) is 14.0. The number of rotatable bonds is 5. The van der Waals surface area contributed by atoms with E-state index < -0.39 is 11.7 Å². The highest BCUT2D eigenvalue weighted by atomic mass is 19.4. The Bertz CT molecular complexity index is 986. The number of nitrogens with one attached hydrogen (secondary N) is 1. The minimum Gasteiger partial charge on any atom is -0.437 e. The van der Waals surface area contributed by atoms with E-state index in [0.717, 1.165) is 18.2 Å². The summed E-state index contributed by atoms with van der Waals surface area (Å²) in [7, 11) is 0. The number of pyridine rings is 2. The van der Waals surface area contributed by atoms with Gasteiger partial charge in [-0.25, -0.2) is 4.98 Å². The Morgan fingerprint density at radius 2 is 1.93 bits per heavy atom. The molecule has 0 spiro atoms. The molecule has 1 amide bonds. The van der Waals surface area contributed by atoms with Crippen LogP contribution in [0.15, 0.2) is 61.4 Å². The first-order chi connectivity index (χ1) is 12.9. The Hall–Kier alpha value is -3.42. The molecule has 3 aromatic rings. The predicted molar refractivity (Wildman–Crippen MR) is 93.1 cm³/mol. The predicted octanol–water partition coefficient (Wildman–Crippen LogP) is 4.24. The van der Waals surface area contributed by atoms with Gasteiger partial charge >= 0.3 is 6.18 Å². The van der Waals surface area contributed by atoms with Crippen molar-refractivity contribution in [1.29, 1.82) is 0 Å². The summed E-state index contributed by atoms with van der Waals surface area (Å²) in [5, 5.41) is 3.37. The number of aromatic nitrogens is 2. The van der Waals surface area contributed by atoms with E-state index in [1.165, 1.54) is 18.3 Å². The van der Waals surface area contributed by atoms with Crippen molar-refractivity contribution in [2.75, 3.05) is 0 Å². The second kappa shape index (κ2) is 7.45. The summed E-state index contributed by atoms with van der Waals surface area (Å²) in [4.78, 5) is 19.8. The van der Waals surface area contributed by atoms with Gasteiger partial charge in [-0.3, -0.25) is 9.78 Å². The summed E-state index contributed by atoms with van der Waals surface area (Å²) >= 11 is 0. The number of carbonyl (C=O) groups excluding carboxylic acids is 1. The molecule has 3 rings (SSSR count). The standard InChI is InChI=1S/C19H14F3N3O2/c1-2-16(26)24-10-12-11-25-18(17-15(12)4-3-9-23-17)27-14-7-5-13(6-8-14)19(20,21)22/h2-9,11H,1,10H2,(H,24,26). The first kappa shape index (κ1) is 18.4. The lowest BCUT2D eigenvalue weighted by molar-refractivity contribution is -0.137. The van der Waals surface area contributed by atoms with Crippen molar-refractivity contribution in [3.8, 4) is 11.6 Å². The summed E-state index contributed by atoms with van der Waals surface area (Å²) in [6, 6.07) is 7.82. The molecule has 2 heterocycles. The van der Waals surface area contributed by atoms with E-state index in [9.17, 15) is 18.0 Å². The minimum atomic E-state index is -4.41. The summed E-state index contributed by atoms with van der Waals surface area (Å²) in [6.07, 6.45) is -0.180. The van der Waals surface area contributed by atoms with E-state index in [4.69, 9.17) is 4.74 Å². The Balaban J connectivity index is 1.89. The molecule has 1 aromatic carbocycles. The van der Waals surface area contributed by atoms with Crippen molar-refractivity contribution in [2.45, 2.75) is 12.7 Å². The van der Waals surface area contributed by atoms with Crippen LogP contribution in [0.4, 0.5) is 13.2 Å². The van der Waals surface area contributed by atoms with Crippen molar-refractivity contribution in [1.82, 2.24) is 15.3 Å². The van der Waals surface area contributed by atoms with Gasteiger partial charge in [0.1, 0.15) is 11.3 Å². The number of fused-ring (bicyclic) bond motifs is 1. The lowest BCUT2D eigenvalue weighted by atomic mass is 10.1. The fraction of sp³-hybridized carbons (Fsp3) is 0.105. The Kier molecular flexibility index (Phi) is 5.07. The molecule has 5 nitrogen and oxygen atoms in total. The van der Waals surface area contributed by atoms with Crippen molar-refractivity contribution >= 4 is 16.8 Å². The normalized spacial score (nSPS) is 11.2. The van der Waals surface area contributed by atoms with Gasteiger partial charge in [0.15, 0.2) is 0 Å². The molecule has 0 radical (unpaired) electrons. The molecular formula is C19H14F3N3O2. The van der Waals surface area contributed by atoms with Gasteiger partial charge in [0.05, 0.1) is 5.56 Å². The van der Waals surface area contributed by atoms with Crippen molar-refractivity contribution < 1.29 is 22.7 Å². The number of amides is 1. The first-order valence-electron chi connectivity index (χ1n) is 7.86. The van der Waals surface area contributed by atoms with Crippen LogP contribution in [0.5, 0.6) is 11.6 Å². The van der Waals surface area contributed by atoms with Gasteiger partial charge < -0.3 is 10.1 Å². The largest absolute Gasteiger partial charge is 0.437 e. The van der Waals surface area contributed by atoms with Gasteiger partial charge in [-0.15, -0.1) is 0 Å². The highest BCUT2D eigenvalue weighted by Gasteiger charge is 2.30. The second-order valence-electron chi connectivity index (χ2n) is 5.53. The number of nitrogens with zero attached hydrogens (tertiary/aromatic N) is 2. The molecule has 0 aliphatic heterocycles. The van der Waals surface area contributed by atoms with Crippen LogP contribution < -0.4 is 10.1 Å². The van der Waals surface area contributed by atoms with Crippen molar-refractivity contribution in [3.05, 3.63) is 72.6 Å². The Morgan fingerprint density at radius 1 is 1.19 bits per heavy atom. The highest BCUT2D eigenvalue weighted by molar-refractivity contribution is 5.88. The third-order valence-electron chi connectivity index (χ3n) is 3.73. The third kappa shape index (κ3) is 4.22. The molecule has 0 atom stereocenters.